The monoisotopic (exact) mass is 340 g/mol. The summed E-state index contributed by atoms with van der Waals surface area (Å²) in [5.41, 5.74) is 0.308. The Bertz CT molecular complexity index is 641. The lowest BCUT2D eigenvalue weighted by molar-refractivity contribution is -0.274. The molecule has 106 valence electrons. The van der Waals surface area contributed by atoms with Gasteiger partial charge in [0.2, 0.25) is 0 Å². The van der Waals surface area contributed by atoms with Crippen molar-refractivity contribution in [3.05, 3.63) is 51.5 Å². The van der Waals surface area contributed by atoms with Gasteiger partial charge in [-0.2, -0.15) is 0 Å². The summed E-state index contributed by atoms with van der Waals surface area (Å²) >= 11 is 17.9. The topological polar surface area (TPSA) is 9.23 Å². The summed E-state index contributed by atoms with van der Waals surface area (Å²) in [6, 6.07) is 8.47. The average Bonchev–Trinajstić information content (AvgIpc) is 2.35. The highest BCUT2D eigenvalue weighted by molar-refractivity contribution is 6.46. The number of ether oxygens (including phenoxy) is 1. The zero-order valence-electron chi connectivity index (χ0n) is 9.64. The Morgan fingerprint density at radius 2 is 1.45 bits per heavy atom. The van der Waals surface area contributed by atoms with Gasteiger partial charge in [-0.05, 0) is 18.2 Å². The lowest BCUT2D eigenvalue weighted by Gasteiger charge is -2.15. The predicted molar refractivity (Wildman–Crippen MR) is 73.6 cm³/mol. The van der Waals surface area contributed by atoms with E-state index in [-0.39, 0.29) is 26.2 Å². The highest BCUT2D eigenvalue weighted by atomic mass is 35.5. The molecule has 0 radical (unpaired) electrons. The maximum atomic E-state index is 12.4. The second kappa shape index (κ2) is 5.72. The van der Waals surface area contributed by atoms with Crippen molar-refractivity contribution < 1.29 is 17.9 Å². The molecule has 20 heavy (non-hydrogen) atoms. The molecule has 0 heterocycles. The Balaban J connectivity index is 2.62. The van der Waals surface area contributed by atoms with Crippen LogP contribution in [0.1, 0.15) is 0 Å². The van der Waals surface area contributed by atoms with Gasteiger partial charge in [-0.15, -0.1) is 13.2 Å². The minimum Gasteiger partial charge on any atom is -0.405 e. The van der Waals surface area contributed by atoms with E-state index in [1.54, 1.807) is 6.07 Å². The highest BCUT2D eigenvalue weighted by Crippen LogP contribution is 2.43. The van der Waals surface area contributed by atoms with Crippen LogP contribution >= 0.6 is 34.8 Å². The van der Waals surface area contributed by atoms with Gasteiger partial charge in [0, 0.05) is 11.1 Å². The molecule has 1 nitrogen and oxygen atoms in total. The average molecular weight is 342 g/mol. The molecule has 2 rings (SSSR count). The predicted octanol–water partition coefficient (Wildman–Crippen LogP) is 6.21. The number of rotatable bonds is 2. The third-order valence-corrected chi connectivity index (χ3v) is 3.55. The fraction of sp³-hybridized carbons (Fsp3) is 0.0769. The molecule has 0 fully saturated rings. The molecular formula is C13H6Cl3F3O. The van der Waals surface area contributed by atoms with Crippen LogP contribution < -0.4 is 4.74 Å². The molecule has 0 saturated heterocycles. The first kappa shape index (κ1) is 15.3. The third kappa shape index (κ3) is 3.32. The van der Waals surface area contributed by atoms with Gasteiger partial charge in [-0.25, -0.2) is 0 Å². The lowest BCUT2D eigenvalue weighted by Crippen LogP contribution is -2.17. The number of alkyl halides is 3. The van der Waals surface area contributed by atoms with Crippen LogP contribution in [0.3, 0.4) is 0 Å². The van der Waals surface area contributed by atoms with Crippen molar-refractivity contribution in [3.8, 4) is 16.9 Å². The van der Waals surface area contributed by atoms with E-state index in [2.05, 4.69) is 4.74 Å². The largest absolute Gasteiger partial charge is 0.573 e. The van der Waals surface area contributed by atoms with Crippen LogP contribution in [0.2, 0.25) is 15.1 Å². The fourth-order valence-electron chi connectivity index (χ4n) is 1.66. The molecule has 0 unspecified atom stereocenters. The molecular weight excluding hydrogens is 335 g/mol. The third-order valence-electron chi connectivity index (χ3n) is 2.43. The van der Waals surface area contributed by atoms with Crippen LogP contribution in [-0.2, 0) is 0 Å². The summed E-state index contributed by atoms with van der Waals surface area (Å²) in [4.78, 5) is 0. The maximum absolute atomic E-state index is 12.4. The van der Waals surface area contributed by atoms with Gasteiger partial charge in [0.15, 0.2) is 0 Å². The smallest absolute Gasteiger partial charge is 0.405 e. The molecule has 0 atom stereocenters. The van der Waals surface area contributed by atoms with Crippen molar-refractivity contribution in [3.63, 3.8) is 0 Å². The van der Waals surface area contributed by atoms with Crippen LogP contribution in [0.4, 0.5) is 13.2 Å². The minimum atomic E-state index is -4.81. The van der Waals surface area contributed by atoms with Crippen molar-refractivity contribution in [2.45, 2.75) is 6.36 Å². The Kier molecular flexibility index (Phi) is 4.37. The van der Waals surface area contributed by atoms with E-state index in [1.807, 2.05) is 0 Å². The van der Waals surface area contributed by atoms with Gasteiger partial charge in [0.25, 0.3) is 0 Å². The molecule has 2 aromatic rings. The maximum Gasteiger partial charge on any atom is 0.573 e. The van der Waals surface area contributed by atoms with Crippen molar-refractivity contribution in [1.82, 2.24) is 0 Å². The van der Waals surface area contributed by atoms with Crippen LogP contribution in [0.15, 0.2) is 36.4 Å². The number of benzene rings is 2. The Morgan fingerprint density at radius 3 is 2.10 bits per heavy atom. The molecule has 0 saturated carbocycles. The van der Waals surface area contributed by atoms with Crippen molar-refractivity contribution >= 4 is 34.8 Å². The summed E-state index contributed by atoms with van der Waals surface area (Å²) in [7, 11) is 0. The number of hydrogen-bond acceptors (Lipinski definition) is 1. The van der Waals surface area contributed by atoms with Gasteiger partial charge >= 0.3 is 6.36 Å². The van der Waals surface area contributed by atoms with Gasteiger partial charge in [-0.3, -0.25) is 0 Å². The second-order valence-corrected chi connectivity index (χ2v) is 4.95. The first-order valence-electron chi connectivity index (χ1n) is 5.28. The van der Waals surface area contributed by atoms with E-state index in [9.17, 15) is 13.2 Å². The van der Waals surface area contributed by atoms with Crippen molar-refractivity contribution in [2.24, 2.45) is 0 Å². The first-order chi connectivity index (χ1) is 9.29. The number of halogens is 6. The normalized spacial score (nSPS) is 11.5. The Labute approximate surface area is 127 Å². The zero-order valence-corrected chi connectivity index (χ0v) is 11.9. The van der Waals surface area contributed by atoms with E-state index in [1.165, 1.54) is 30.3 Å². The summed E-state index contributed by atoms with van der Waals surface area (Å²) in [5, 5.41) is 0.433. The van der Waals surface area contributed by atoms with Gasteiger partial charge in [-0.1, -0.05) is 53.0 Å². The fourth-order valence-corrected chi connectivity index (χ4v) is 2.39. The van der Waals surface area contributed by atoms with Crippen molar-refractivity contribution in [2.75, 3.05) is 0 Å². The Morgan fingerprint density at radius 1 is 0.850 bits per heavy atom. The lowest BCUT2D eigenvalue weighted by atomic mass is 10.0. The SMILES string of the molecule is FC(F)(F)Oc1ccccc1-c1c(Cl)ccc(Cl)c1Cl. The van der Waals surface area contributed by atoms with Crippen LogP contribution in [0.25, 0.3) is 11.1 Å². The van der Waals surface area contributed by atoms with E-state index in [0.29, 0.717) is 0 Å². The number of para-hydroxylation sites is 1. The van der Waals surface area contributed by atoms with Crippen LogP contribution in [-0.4, -0.2) is 6.36 Å². The van der Waals surface area contributed by atoms with Gasteiger partial charge < -0.3 is 4.74 Å². The molecule has 7 heteroatoms. The van der Waals surface area contributed by atoms with Crippen LogP contribution in [0, 0.1) is 0 Å². The molecule has 0 bridgehead atoms. The molecule has 0 aliphatic heterocycles. The van der Waals surface area contributed by atoms with E-state index in [0.717, 1.165) is 0 Å². The van der Waals surface area contributed by atoms with E-state index in [4.69, 9.17) is 34.8 Å². The number of hydrogen-bond donors (Lipinski definition) is 0. The van der Waals surface area contributed by atoms with E-state index < -0.39 is 12.1 Å². The summed E-state index contributed by atoms with van der Waals surface area (Å²) in [6.45, 7) is 0. The molecule has 0 aliphatic rings. The molecule has 0 spiro atoms. The molecule has 0 N–H and O–H groups in total. The van der Waals surface area contributed by atoms with Crippen LogP contribution in [0.5, 0.6) is 5.75 Å². The highest BCUT2D eigenvalue weighted by Gasteiger charge is 2.32. The quantitative estimate of drug-likeness (QED) is 0.590. The van der Waals surface area contributed by atoms with Crippen molar-refractivity contribution in [1.29, 1.82) is 0 Å². The second-order valence-electron chi connectivity index (χ2n) is 3.76. The Hall–Kier alpha value is -1.10. The molecule has 0 aromatic heterocycles. The van der Waals surface area contributed by atoms with E-state index >= 15 is 0 Å². The zero-order chi connectivity index (χ0) is 14.9. The summed E-state index contributed by atoms with van der Waals surface area (Å²) < 4.78 is 41.2. The summed E-state index contributed by atoms with van der Waals surface area (Å²) in [6.07, 6.45) is -4.81. The standard InChI is InChI=1S/C13H6Cl3F3O/c14-8-5-6-9(15)12(16)11(8)7-3-1-2-4-10(7)20-13(17,18)19/h1-6H. The van der Waals surface area contributed by atoms with Gasteiger partial charge in [0.05, 0.1) is 15.1 Å². The molecule has 2 aromatic carbocycles. The molecule has 0 amide bonds. The summed E-state index contributed by atoms with van der Waals surface area (Å²) in [5.74, 6) is -0.397. The minimum absolute atomic E-state index is 0.0670. The first-order valence-corrected chi connectivity index (χ1v) is 6.41. The molecule has 0 aliphatic carbocycles. The van der Waals surface area contributed by atoms with Gasteiger partial charge in [0.1, 0.15) is 5.75 Å².